The van der Waals surface area contributed by atoms with Crippen molar-refractivity contribution in [3.63, 3.8) is 0 Å². The van der Waals surface area contributed by atoms with Crippen LogP contribution in [0.15, 0.2) is 78.9 Å². The number of nitrogens with zero attached hydrogens (tertiary/aromatic N) is 3. The van der Waals surface area contributed by atoms with Gasteiger partial charge in [0, 0.05) is 34.0 Å². The maximum Gasteiger partial charge on any atom is 0.416 e. The van der Waals surface area contributed by atoms with Crippen molar-refractivity contribution in [3.05, 3.63) is 84.4 Å². The summed E-state index contributed by atoms with van der Waals surface area (Å²) in [7, 11) is 1.60. The van der Waals surface area contributed by atoms with E-state index in [-0.39, 0.29) is 5.95 Å². The maximum atomic E-state index is 12.9. The van der Waals surface area contributed by atoms with E-state index in [1.54, 1.807) is 19.2 Å². The number of nitrogens with one attached hydrogen (secondary N) is 1. The first-order valence-electron chi connectivity index (χ1n) is 11.1. The van der Waals surface area contributed by atoms with Gasteiger partial charge in [-0.25, -0.2) is 9.97 Å². The summed E-state index contributed by atoms with van der Waals surface area (Å²) >= 11 is 0. The smallest absolute Gasteiger partial charge is 0.416 e. The molecule has 0 aliphatic carbocycles. The molecule has 0 aliphatic heterocycles. The first-order valence-corrected chi connectivity index (χ1v) is 11.1. The van der Waals surface area contributed by atoms with E-state index in [4.69, 9.17) is 21.2 Å². The summed E-state index contributed by atoms with van der Waals surface area (Å²) in [5.41, 5.74) is 15.9. The zero-order valence-electron chi connectivity index (χ0n) is 19.5. The Kier molecular flexibility index (Phi) is 6.00. The molecule has 2 heterocycles. The second-order valence-electron chi connectivity index (χ2n) is 8.26. The molecule has 186 valence electrons. The van der Waals surface area contributed by atoms with Gasteiger partial charge in [-0.1, -0.05) is 24.3 Å². The number of fused-ring (bicyclic) bond motifs is 1. The molecule has 0 unspecified atom stereocenters. The summed E-state index contributed by atoms with van der Waals surface area (Å²) in [5, 5.41) is 3.90. The molecule has 10 heteroatoms. The molecule has 2 aromatic heterocycles. The van der Waals surface area contributed by atoms with E-state index in [1.807, 2.05) is 42.5 Å². The predicted octanol–water partition coefficient (Wildman–Crippen LogP) is 6.29. The van der Waals surface area contributed by atoms with Crippen molar-refractivity contribution in [2.45, 2.75) is 6.18 Å². The molecule has 0 fully saturated rings. The normalized spacial score (nSPS) is 11.5. The third-order valence-corrected chi connectivity index (χ3v) is 5.73. The zero-order valence-corrected chi connectivity index (χ0v) is 19.5. The highest BCUT2D eigenvalue weighted by atomic mass is 19.4. The number of nitrogens with two attached hydrogens (primary N) is 2. The topological polar surface area (TPSA) is 112 Å². The molecule has 0 atom stereocenters. The van der Waals surface area contributed by atoms with E-state index in [0.717, 1.165) is 34.5 Å². The Morgan fingerprint density at radius 3 is 2.27 bits per heavy atom. The second kappa shape index (κ2) is 9.30. The van der Waals surface area contributed by atoms with Crippen LogP contribution in [0, 0.1) is 0 Å². The van der Waals surface area contributed by atoms with Gasteiger partial charge < -0.3 is 21.5 Å². The predicted molar refractivity (Wildman–Crippen MR) is 138 cm³/mol. The van der Waals surface area contributed by atoms with Crippen molar-refractivity contribution in [1.82, 2.24) is 15.0 Å². The molecular formula is C27H21F3N6O. The summed E-state index contributed by atoms with van der Waals surface area (Å²) < 4.78 is 44.0. The summed E-state index contributed by atoms with van der Waals surface area (Å²) in [6, 6.07) is 21.1. The van der Waals surface area contributed by atoms with Crippen LogP contribution in [0.3, 0.4) is 0 Å². The van der Waals surface area contributed by atoms with Crippen LogP contribution >= 0.6 is 0 Å². The van der Waals surface area contributed by atoms with Crippen LogP contribution in [0.1, 0.15) is 5.56 Å². The molecule has 5 aromatic rings. The van der Waals surface area contributed by atoms with Gasteiger partial charge in [-0.3, -0.25) is 0 Å². The Morgan fingerprint density at radius 2 is 1.54 bits per heavy atom. The van der Waals surface area contributed by atoms with Crippen molar-refractivity contribution < 1.29 is 17.9 Å². The molecule has 0 saturated heterocycles. The average Bonchev–Trinajstić information content (AvgIpc) is 2.88. The molecule has 37 heavy (non-hydrogen) atoms. The van der Waals surface area contributed by atoms with Crippen LogP contribution in [0.2, 0.25) is 0 Å². The van der Waals surface area contributed by atoms with Gasteiger partial charge in [0.1, 0.15) is 11.6 Å². The number of nitrogen functional groups attached to an aromatic ring is 2. The van der Waals surface area contributed by atoms with Crippen molar-refractivity contribution in [1.29, 1.82) is 0 Å². The molecule has 0 spiro atoms. The van der Waals surface area contributed by atoms with E-state index in [0.29, 0.717) is 34.0 Å². The minimum atomic E-state index is -4.42. The summed E-state index contributed by atoms with van der Waals surface area (Å²) in [4.78, 5) is 13.1. The Morgan fingerprint density at radius 1 is 0.784 bits per heavy atom. The number of rotatable bonds is 5. The zero-order chi connectivity index (χ0) is 26.2. The van der Waals surface area contributed by atoms with Crippen molar-refractivity contribution in [2.24, 2.45) is 0 Å². The number of ether oxygens (including phenoxy) is 1. The van der Waals surface area contributed by atoms with E-state index < -0.39 is 11.7 Å². The molecule has 5 N–H and O–H groups in total. The van der Waals surface area contributed by atoms with Gasteiger partial charge in [0.25, 0.3) is 0 Å². The molecule has 0 radical (unpaired) electrons. The van der Waals surface area contributed by atoms with Crippen LogP contribution < -0.4 is 21.5 Å². The van der Waals surface area contributed by atoms with Crippen molar-refractivity contribution in [3.8, 4) is 28.3 Å². The van der Waals surface area contributed by atoms with Gasteiger partial charge in [-0.05, 0) is 48.5 Å². The lowest BCUT2D eigenvalue weighted by atomic mass is 10.1. The maximum absolute atomic E-state index is 12.9. The summed E-state index contributed by atoms with van der Waals surface area (Å²) in [6.45, 7) is 0. The highest BCUT2D eigenvalue weighted by molar-refractivity contribution is 5.95. The fourth-order valence-corrected chi connectivity index (χ4v) is 3.92. The number of methoxy groups -OCH3 is 1. The van der Waals surface area contributed by atoms with Gasteiger partial charge in [0.05, 0.1) is 29.6 Å². The van der Waals surface area contributed by atoms with Gasteiger partial charge in [0.15, 0.2) is 0 Å². The van der Waals surface area contributed by atoms with Crippen molar-refractivity contribution >= 4 is 34.0 Å². The van der Waals surface area contributed by atoms with Gasteiger partial charge in [0.2, 0.25) is 5.95 Å². The standard InChI is InChI=1S/C27H21F3N6O/c1-37-19-4-2-3-16(11-19)23-13-21(31)20-12-18(9-10-22(20)34-23)33-25-14-24(35-26(32)36-25)15-5-7-17(8-6-15)27(28,29)30/h2-14H,1H3,(H2,31,34)(H3,32,33,35,36). The van der Waals surface area contributed by atoms with Crippen LogP contribution in [0.5, 0.6) is 5.75 Å². The average molecular weight is 503 g/mol. The molecular weight excluding hydrogens is 481 g/mol. The Balaban J connectivity index is 1.44. The number of benzene rings is 3. The van der Waals surface area contributed by atoms with E-state index in [1.165, 1.54) is 12.1 Å². The number of hydrogen-bond donors (Lipinski definition) is 3. The van der Waals surface area contributed by atoms with Crippen LogP contribution in [-0.4, -0.2) is 22.1 Å². The highest BCUT2D eigenvalue weighted by Crippen LogP contribution is 2.33. The third kappa shape index (κ3) is 5.08. The fourth-order valence-electron chi connectivity index (χ4n) is 3.92. The van der Waals surface area contributed by atoms with Crippen LogP contribution in [0.25, 0.3) is 33.4 Å². The molecule has 0 saturated carbocycles. The first-order chi connectivity index (χ1) is 17.7. The van der Waals surface area contributed by atoms with Crippen molar-refractivity contribution in [2.75, 3.05) is 23.9 Å². The van der Waals surface area contributed by atoms with Crippen LogP contribution in [-0.2, 0) is 6.18 Å². The molecule has 0 bridgehead atoms. The SMILES string of the molecule is COc1cccc(-c2cc(N)c3cc(Nc4cc(-c5ccc(C(F)(F)F)cc5)nc(N)n4)ccc3n2)c1. The van der Waals surface area contributed by atoms with Gasteiger partial charge in [-0.15, -0.1) is 0 Å². The largest absolute Gasteiger partial charge is 0.497 e. The Hall–Kier alpha value is -4.86. The monoisotopic (exact) mass is 502 g/mol. The lowest BCUT2D eigenvalue weighted by Crippen LogP contribution is -2.04. The summed E-state index contributed by atoms with van der Waals surface area (Å²) in [5.74, 6) is 1.07. The Labute approximate surface area is 210 Å². The Bertz CT molecular complexity index is 1600. The van der Waals surface area contributed by atoms with E-state index in [9.17, 15) is 13.2 Å². The second-order valence-corrected chi connectivity index (χ2v) is 8.26. The number of pyridine rings is 1. The number of halogens is 3. The van der Waals surface area contributed by atoms with E-state index in [2.05, 4.69) is 15.3 Å². The molecule has 0 amide bonds. The van der Waals surface area contributed by atoms with E-state index >= 15 is 0 Å². The quantitative estimate of drug-likeness (QED) is 0.259. The number of alkyl halides is 3. The first kappa shape index (κ1) is 23.9. The number of aromatic nitrogens is 3. The third-order valence-electron chi connectivity index (χ3n) is 5.73. The lowest BCUT2D eigenvalue weighted by Gasteiger charge is -2.12. The molecule has 7 nitrogen and oxygen atoms in total. The minimum absolute atomic E-state index is 0.0233. The molecule has 3 aromatic carbocycles. The number of anilines is 4. The fraction of sp³-hybridized carbons (Fsp3) is 0.0741. The molecule has 0 aliphatic rings. The molecule has 5 rings (SSSR count). The van der Waals surface area contributed by atoms with Gasteiger partial charge in [-0.2, -0.15) is 18.2 Å². The highest BCUT2D eigenvalue weighted by Gasteiger charge is 2.30. The summed E-state index contributed by atoms with van der Waals surface area (Å²) in [6.07, 6.45) is -4.42. The van der Waals surface area contributed by atoms with Gasteiger partial charge >= 0.3 is 6.18 Å². The van der Waals surface area contributed by atoms with Crippen LogP contribution in [0.4, 0.5) is 36.3 Å². The number of hydrogen-bond acceptors (Lipinski definition) is 7. The minimum Gasteiger partial charge on any atom is -0.497 e. The lowest BCUT2D eigenvalue weighted by molar-refractivity contribution is -0.137.